The number of likely N-dealkylation sites (tertiary alicyclic amines) is 1. The highest BCUT2D eigenvalue weighted by atomic mass is 16.3. The number of benzene rings is 1. The van der Waals surface area contributed by atoms with Gasteiger partial charge in [0.25, 0.3) is 11.5 Å². The number of carbonyl (C=O) groups is 1. The van der Waals surface area contributed by atoms with E-state index in [1.54, 1.807) is 29.2 Å². The lowest BCUT2D eigenvalue weighted by Crippen LogP contribution is -2.44. The highest BCUT2D eigenvalue weighted by Crippen LogP contribution is 2.48. The SMILES string of the molecule is Cn1cccc1C1(O)CCCC2CN(C(=O)c3n[nH]c(=O)c4ccccc34)CC21. The lowest BCUT2D eigenvalue weighted by atomic mass is 9.69. The molecule has 3 aromatic rings. The Kier molecular flexibility index (Phi) is 4.10. The molecule has 7 heteroatoms. The van der Waals surface area contributed by atoms with E-state index in [4.69, 9.17) is 0 Å². The van der Waals surface area contributed by atoms with Gasteiger partial charge in [0.15, 0.2) is 5.69 Å². The number of H-pyrrole nitrogens is 1. The summed E-state index contributed by atoms with van der Waals surface area (Å²) in [6.07, 6.45) is 4.59. The first-order valence-corrected chi connectivity index (χ1v) is 10.1. The van der Waals surface area contributed by atoms with Crippen molar-refractivity contribution in [3.05, 3.63) is 64.3 Å². The Morgan fingerprint density at radius 3 is 2.76 bits per heavy atom. The predicted octanol–water partition coefficient (Wildman–Crippen LogP) is 2.02. The summed E-state index contributed by atoms with van der Waals surface area (Å²) < 4.78 is 1.98. The van der Waals surface area contributed by atoms with Crippen molar-refractivity contribution in [1.82, 2.24) is 19.7 Å². The Bertz CT molecular complexity index is 1150. The van der Waals surface area contributed by atoms with E-state index in [-0.39, 0.29) is 29.0 Å². The first kappa shape index (κ1) is 18.1. The second-order valence-corrected chi connectivity index (χ2v) is 8.34. The quantitative estimate of drug-likeness (QED) is 0.698. The van der Waals surface area contributed by atoms with Crippen molar-refractivity contribution in [3.63, 3.8) is 0 Å². The highest BCUT2D eigenvalue weighted by molar-refractivity contribution is 6.04. The summed E-state index contributed by atoms with van der Waals surface area (Å²) in [5.74, 6) is 0.0468. The Labute approximate surface area is 168 Å². The number of aliphatic hydroxyl groups is 1. The van der Waals surface area contributed by atoms with Crippen LogP contribution in [-0.2, 0) is 12.6 Å². The van der Waals surface area contributed by atoms with Crippen LogP contribution in [0, 0.1) is 11.8 Å². The Balaban J connectivity index is 1.49. The maximum absolute atomic E-state index is 13.3. The smallest absolute Gasteiger partial charge is 0.274 e. The van der Waals surface area contributed by atoms with E-state index in [1.165, 1.54) is 0 Å². The Morgan fingerprint density at radius 2 is 2.00 bits per heavy atom. The van der Waals surface area contributed by atoms with Gasteiger partial charge < -0.3 is 14.6 Å². The third kappa shape index (κ3) is 2.72. The van der Waals surface area contributed by atoms with Crippen LogP contribution in [0.4, 0.5) is 0 Å². The summed E-state index contributed by atoms with van der Waals surface area (Å²) in [6.45, 7) is 1.09. The lowest BCUT2D eigenvalue weighted by Gasteiger charge is -2.41. The molecule has 2 N–H and O–H groups in total. The van der Waals surface area contributed by atoms with Gasteiger partial charge in [-0.3, -0.25) is 9.59 Å². The number of nitrogens with one attached hydrogen (secondary N) is 1. The molecule has 3 unspecified atom stereocenters. The molecule has 0 radical (unpaired) electrons. The van der Waals surface area contributed by atoms with Crippen LogP contribution in [0.1, 0.15) is 35.4 Å². The number of aryl methyl sites for hydroxylation is 1. The molecule has 1 aromatic carbocycles. The van der Waals surface area contributed by atoms with E-state index in [2.05, 4.69) is 10.2 Å². The summed E-state index contributed by atoms with van der Waals surface area (Å²) >= 11 is 0. The number of aromatic nitrogens is 3. The van der Waals surface area contributed by atoms with E-state index in [1.807, 2.05) is 29.9 Å². The number of amides is 1. The molecule has 2 aliphatic rings. The molecule has 1 aliphatic heterocycles. The van der Waals surface area contributed by atoms with Crippen molar-refractivity contribution >= 4 is 16.7 Å². The summed E-state index contributed by atoms with van der Waals surface area (Å²) in [5, 5.41) is 19.2. The molecule has 0 spiro atoms. The maximum Gasteiger partial charge on any atom is 0.274 e. The molecule has 7 nitrogen and oxygen atoms in total. The first-order valence-electron chi connectivity index (χ1n) is 10.1. The zero-order chi connectivity index (χ0) is 20.2. The van der Waals surface area contributed by atoms with Gasteiger partial charge in [0.1, 0.15) is 5.60 Å². The van der Waals surface area contributed by atoms with Gasteiger partial charge in [-0.2, -0.15) is 5.10 Å². The van der Waals surface area contributed by atoms with Crippen molar-refractivity contribution in [2.24, 2.45) is 18.9 Å². The van der Waals surface area contributed by atoms with E-state index in [0.29, 0.717) is 30.3 Å². The first-order chi connectivity index (χ1) is 14.0. The summed E-state index contributed by atoms with van der Waals surface area (Å²) in [7, 11) is 1.95. The molecule has 1 saturated heterocycles. The molecule has 1 saturated carbocycles. The molecule has 3 atom stereocenters. The van der Waals surface area contributed by atoms with Crippen molar-refractivity contribution in [3.8, 4) is 0 Å². The average molecular weight is 392 g/mol. The zero-order valence-electron chi connectivity index (χ0n) is 16.3. The van der Waals surface area contributed by atoms with Gasteiger partial charge in [0.05, 0.1) is 5.39 Å². The van der Waals surface area contributed by atoms with Crippen LogP contribution >= 0.6 is 0 Å². The van der Waals surface area contributed by atoms with Gasteiger partial charge in [0.2, 0.25) is 0 Å². The van der Waals surface area contributed by atoms with Crippen LogP contribution in [0.2, 0.25) is 0 Å². The Hall–Kier alpha value is -2.93. The van der Waals surface area contributed by atoms with Crippen molar-refractivity contribution in [2.45, 2.75) is 24.9 Å². The lowest BCUT2D eigenvalue weighted by molar-refractivity contribution is -0.0697. The predicted molar refractivity (Wildman–Crippen MR) is 108 cm³/mol. The third-order valence-corrected chi connectivity index (χ3v) is 6.76. The van der Waals surface area contributed by atoms with Gasteiger partial charge in [0, 0.05) is 43.3 Å². The van der Waals surface area contributed by atoms with Crippen LogP contribution in [0.15, 0.2) is 47.4 Å². The van der Waals surface area contributed by atoms with E-state index >= 15 is 0 Å². The Morgan fingerprint density at radius 1 is 1.21 bits per heavy atom. The zero-order valence-corrected chi connectivity index (χ0v) is 16.3. The highest BCUT2D eigenvalue weighted by Gasteiger charge is 2.51. The minimum Gasteiger partial charge on any atom is -0.383 e. The normalized spacial score (nSPS) is 26.6. The fourth-order valence-corrected chi connectivity index (χ4v) is 5.35. The monoisotopic (exact) mass is 392 g/mol. The van der Waals surface area contributed by atoms with Crippen molar-refractivity contribution in [1.29, 1.82) is 0 Å². The molecule has 2 fully saturated rings. The molecular formula is C22H24N4O3. The topological polar surface area (TPSA) is 91.2 Å². The second kappa shape index (κ2) is 6.56. The number of aromatic amines is 1. The molecule has 0 bridgehead atoms. The van der Waals surface area contributed by atoms with Gasteiger partial charge in [-0.1, -0.05) is 18.2 Å². The number of fused-ring (bicyclic) bond motifs is 2. The van der Waals surface area contributed by atoms with E-state index in [0.717, 1.165) is 18.5 Å². The minimum atomic E-state index is -0.934. The third-order valence-electron chi connectivity index (χ3n) is 6.76. The average Bonchev–Trinajstić information content (AvgIpc) is 3.36. The van der Waals surface area contributed by atoms with Crippen LogP contribution in [0.5, 0.6) is 0 Å². The van der Waals surface area contributed by atoms with Crippen LogP contribution in [-0.4, -0.2) is 43.8 Å². The largest absolute Gasteiger partial charge is 0.383 e. The van der Waals surface area contributed by atoms with Crippen LogP contribution in [0.3, 0.4) is 0 Å². The molecule has 29 heavy (non-hydrogen) atoms. The van der Waals surface area contributed by atoms with Crippen molar-refractivity contribution in [2.75, 3.05) is 13.1 Å². The maximum atomic E-state index is 13.3. The molecule has 3 heterocycles. The fourth-order valence-electron chi connectivity index (χ4n) is 5.35. The van der Waals surface area contributed by atoms with Gasteiger partial charge in [-0.05, 0) is 43.4 Å². The van der Waals surface area contributed by atoms with Crippen molar-refractivity contribution < 1.29 is 9.90 Å². The van der Waals surface area contributed by atoms with Gasteiger partial charge >= 0.3 is 0 Å². The number of rotatable bonds is 2. The molecule has 1 aliphatic carbocycles. The van der Waals surface area contributed by atoms with Crippen LogP contribution in [0.25, 0.3) is 10.8 Å². The van der Waals surface area contributed by atoms with E-state index < -0.39 is 5.60 Å². The molecule has 2 aromatic heterocycles. The molecular weight excluding hydrogens is 368 g/mol. The number of nitrogens with zero attached hydrogens (tertiary/aromatic N) is 3. The summed E-state index contributed by atoms with van der Waals surface area (Å²) in [5.41, 5.74) is -0.0582. The molecule has 1 amide bonds. The second-order valence-electron chi connectivity index (χ2n) is 8.34. The molecule has 5 rings (SSSR count). The number of carbonyl (C=O) groups excluding carboxylic acids is 1. The van der Waals surface area contributed by atoms with E-state index in [9.17, 15) is 14.7 Å². The fraction of sp³-hybridized carbons (Fsp3) is 0.409. The minimum absolute atomic E-state index is 0.0113. The van der Waals surface area contributed by atoms with Gasteiger partial charge in [-0.15, -0.1) is 0 Å². The standard InChI is InChI=1S/C22H24N4O3/c1-25-11-5-9-18(25)22(29)10-4-6-14-12-26(13-17(14)22)21(28)19-15-7-2-3-8-16(15)20(27)24-23-19/h2-3,5,7-9,11,14,17,29H,4,6,10,12-13H2,1H3,(H,24,27). The summed E-state index contributed by atoms with van der Waals surface area (Å²) in [6, 6.07) is 11.0. The van der Waals surface area contributed by atoms with Gasteiger partial charge in [-0.25, -0.2) is 5.10 Å². The molecule has 150 valence electrons. The van der Waals surface area contributed by atoms with Crippen LogP contribution < -0.4 is 5.56 Å². The summed E-state index contributed by atoms with van der Waals surface area (Å²) in [4.78, 5) is 27.2. The number of hydrogen-bond donors (Lipinski definition) is 2. The number of hydrogen-bond acceptors (Lipinski definition) is 4.